The second-order valence-electron chi connectivity index (χ2n) is 3.88. The Hall–Kier alpha value is -0.670. The van der Waals surface area contributed by atoms with Gasteiger partial charge in [0.05, 0.1) is 10.5 Å². The van der Waals surface area contributed by atoms with Gasteiger partial charge in [-0.1, -0.05) is 6.92 Å². The van der Waals surface area contributed by atoms with E-state index in [4.69, 9.17) is 5.11 Å². The van der Waals surface area contributed by atoms with E-state index in [9.17, 15) is 13.2 Å². The van der Waals surface area contributed by atoms with Crippen LogP contribution in [0.15, 0.2) is 23.1 Å². The number of hydrogen-bond donors (Lipinski definition) is 2. The maximum Gasteiger partial charge on any atom is 0.336 e. The molecule has 0 aliphatic heterocycles. The molecule has 0 radical (unpaired) electrons. The quantitative estimate of drug-likeness (QED) is 0.763. The molecule has 0 heterocycles. The van der Waals surface area contributed by atoms with E-state index < -0.39 is 16.0 Å². The molecule has 0 fully saturated rings. The van der Waals surface area contributed by atoms with Crippen molar-refractivity contribution in [3.05, 3.63) is 27.3 Å². The van der Waals surface area contributed by atoms with Crippen molar-refractivity contribution in [2.24, 2.45) is 0 Å². The van der Waals surface area contributed by atoms with Crippen LogP contribution in [0.3, 0.4) is 0 Å². The van der Waals surface area contributed by atoms with Crippen LogP contribution in [0.5, 0.6) is 0 Å². The Labute approximate surface area is 120 Å². The number of hydrogen-bond acceptors (Lipinski definition) is 3. The van der Waals surface area contributed by atoms with Gasteiger partial charge in [-0.25, -0.2) is 17.9 Å². The number of carbonyl (C=O) groups is 1. The standard InChI is InChI=1S/C11H14INO4S/c1-3-7(2)13-18(16,17)8-4-5-10(12)9(6-8)11(14)15/h4-7,13H,3H2,1-2H3,(H,14,15). The molecule has 5 nitrogen and oxygen atoms in total. The van der Waals surface area contributed by atoms with Crippen LogP contribution in [-0.2, 0) is 10.0 Å². The number of carboxylic acids is 1. The molecule has 18 heavy (non-hydrogen) atoms. The minimum absolute atomic E-state index is 0.0115. The van der Waals surface area contributed by atoms with Crippen LogP contribution in [-0.4, -0.2) is 25.5 Å². The molecular formula is C11H14INO4S. The third-order valence-corrected chi connectivity index (χ3v) is 4.98. The summed E-state index contributed by atoms with van der Waals surface area (Å²) < 4.78 is 26.9. The van der Waals surface area contributed by atoms with Gasteiger partial charge in [0.1, 0.15) is 0 Å². The molecule has 0 aliphatic carbocycles. The van der Waals surface area contributed by atoms with Crippen molar-refractivity contribution in [1.29, 1.82) is 0 Å². The smallest absolute Gasteiger partial charge is 0.336 e. The van der Waals surface area contributed by atoms with E-state index in [-0.39, 0.29) is 16.5 Å². The number of carboxylic acid groups (broad SMARTS) is 1. The number of aromatic carboxylic acids is 1. The van der Waals surface area contributed by atoms with Gasteiger partial charge in [-0.3, -0.25) is 0 Å². The van der Waals surface area contributed by atoms with Crippen molar-refractivity contribution >= 4 is 38.6 Å². The molecule has 2 N–H and O–H groups in total. The summed E-state index contributed by atoms with van der Waals surface area (Å²) in [6.07, 6.45) is 0.662. The zero-order valence-corrected chi connectivity index (χ0v) is 12.9. The molecule has 1 atom stereocenters. The Kier molecular flexibility index (Phi) is 5.11. The lowest BCUT2D eigenvalue weighted by Crippen LogP contribution is -2.32. The predicted octanol–water partition coefficient (Wildman–Crippen LogP) is 2.07. The van der Waals surface area contributed by atoms with Gasteiger partial charge >= 0.3 is 5.97 Å². The van der Waals surface area contributed by atoms with E-state index in [0.29, 0.717) is 9.99 Å². The number of nitrogens with one attached hydrogen (secondary N) is 1. The van der Waals surface area contributed by atoms with Gasteiger partial charge < -0.3 is 5.11 Å². The van der Waals surface area contributed by atoms with Gasteiger partial charge in [0.25, 0.3) is 0 Å². The Bertz CT molecular complexity index is 556. The molecule has 0 aromatic heterocycles. The van der Waals surface area contributed by atoms with Crippen LogP contribution in [0.25, 0.3) is 0 Å². The first-order valence-corrected chi connectivity index (χ1v) is 7.89. The van der Waals surface area contributed by atoms with E-state index in [1.165, 1.54) is 18.2 Å². The molecule has 0 saturated carbocycles. The minimum atomic E-state index is -3.66. The van der Waals surface area contributed by atoms with Crippen molar-refractivity contribution in [1.82, 2.24) is 4.72 Å². The Morgan fingerprint density at radius 1 is 1.50 bits per heavy atom. The topological polar surface area (TPSA) is 83.5 Å². The van der Waals surface area contributed by atoms with Gasteiger partial charge in [-0.2, -0.15) is 0 Å². The largest absolute Gasteiger partial charge is 0.478 e. The summed E-state index contributed by atoms with van der Waals surface area (Å²) in [6, 6.07) is 3.87. The lowest BCUT2D eigenvalue weighted by atomic mass is 10.2. The highest BCUT2D eigenvalue weighted by atomic mass is 127. The number of sulfonamides is 1. The van der Waals surface area contributed by atoms with Crippen LogP contribution in [0.4, 0.5) is 0 Å². The maximum absolute atomic E-state index is 12.0. The second-order valence-corrected chi connectivity index (χ2v) is 6.75. The summed E-state index contributed by atoms with van der Waals surface area (Å²) in [5.41, 5.74) is -0.0115. The van der Waals surface area contributed by atoms with Crippen molar-refractivity contribution in [2.45, 2.75) is 31.2 Å². The second kappa shape index (κ2) is 5.98. The molecule has 0 spiro atoms. The molecule has 1 aromatic rings. The van der Waals surface area contributed by atoms with Crippen molar-refractivity contribution in [3.63, 3.8) is 0 Å². The summed E-state index contributed by atoms with van der Waals surface area (Å²) >= 11 is 1.86. The summed E-state index contributed by atoms with van der Waals surface area (Å²) in [5, 5.41) is 8.96. The van der Waals surface area contributed by atoms with Crippen molar-refractivity contribution < 1.29 is 18.3 Å². The van der Waals surface area contributed by atoms with Gasteiger partial charge in [-0.15, -0.1) is 0 Å². The molecule has 0 saturated heterocycles. The summed E-state index contributed by atoms with van der Waals surface area (Å²) in [5.74, 6) is -1.14. The normalized spacial score (nSPS) is 13.3. The first kappa shape index (κ1) is 15.4. The highest BCUT2D eigenvalue weighted by molar-refractivity contribution is 14.1. The number of halogens is 1. The molecule has 0 aliphatic rings. The number of benzene rings is 1. The maximum atomic E-state index is 12.0. The van der Waals surface area contributed by atoms with Crippen LogP contribution in [0, 0.1) is 3.57 Å². The third-order valence-electron chi connectivity index (χ3n) is 2.45. The van der Waals surface area contributed by atoms with Gasteiger partial charge in [0.2, 0.25) is 10.0 Å². The predicted molar refractivity (Wildman–Crippen MR) is 76.2 cm³/mol. The lowest BCUT2D eigenvalue weighted by Gasteiger charge is -2.12. The summed E-state index contributed by atoms with van der Waals surface area (Å²) in [4.78, 5) is 10.9. The zero-order valence-electron chi connectivity index (χ0n) is 9.97. The fourth-order valence-corrected chi connectivity index (χ4v) is 3.17. The van der Waals surface area contributed by atoms with E-state index >= 15 is 0 Å². The van der Waals surface area contributed by atoms with Crippen molar-refractivity contribution in [2.75, 3.05) is 0 Å². The van der Waals surface area contributed by atoms with Crippen LogP contribution in [0.2, 0.25) is 0 Å². The molecule has 1 unspecified atom stereocenters. The first-order valence-electron chi connectivity index (χ1n) is 5.33. The fraction of sp³-hybridized carbons (Fsp3) is 0.364. The minimum Gasteiger partial charge on any atom is -0.478 e. The van der Waals surface area contributed by atoms with E-state index in [0.717, 1.165) is 0 Å². The Morgan fingerprint density at radius 3 is 2.61 bits per heavy atom. The van der Waals surface area contributed by atoms with E-state index in [2.05, 4.69) is 4.72 Å². The number of rotatable bonds is 5. The summed E-state index contributed by atoms with van der Waals surface area (Å²) in [7, 11) is -3.66. The first-order chi connectivity index (χ1) is 8.27. The van der Waals surface area contributed by atoms with E-state index in [1.54, 1.807) is 6.92 Å². The molecule has 1 aromatic carbocycles. The van der Waals surface area contributed by atoms with Gasteiger partial charge in [0.15, 0.2) is 0 Å². The monoisotopic (exact) mass is 383 g/mol. The average molecular weight is 383 g/mol. The van der Waals surface area contributed by atoms with Crippen LogP contribution < -0.4 is 4.72 Å². The van der Waals surface area contributed by atoms with Crippen LogP contribution >= 0.6 is 22.6 Å². The third kappa shape index (κ3) is 3.66. The van der Waals surface area contributed by atoms with Crippen molar-refractivity contribution in [3.8, 4) is 0 Å². The Morgan fingerprint density at radius 2 is 2.11 bits per heavy atom. The molecule has 1 rings (SSSR count). The highest BCUT2D eigenvalue weighted by Gasteiger charge is 2.19. The Balaban J connectivity index is 3.18. The molecule has 0 amide bonds. The molecular weight excluding hydrogens is 369 g/mol. The molecule has 7 heteroatoms. The summed E-state index contributed by atoms with van der Waals surface area (Å²) in [6.45, 7) is 3.62. The zero-order chi connectivity index (χ0) is 13.9. The lowest BCUT2D eigenvalue weighted by molar-refractivity contribution is 0.0695. The SMILES string of the molecule is CCC(C)NS(=O)(=O)c1ccc(I)c(C(=O)O)c1. The van der Waals surface area contributed by atoms with Gasteiger partial charge in [-0.05, 0) is 54.1 Å². The fourth-order valence-electron chi connectivity index (χ4n) is 1.25. The van der Waals surface area contributed by atoms with Crippen LogP contribution in [0.1, 0.15) is 30.6 Å². The highest BCUT2D eigenvalue weighted by Crippen LogP contribution is 2.18. The van der Waals surface area contributed by atoms with Gasteiger partial charge in [0, 0.05) is 9.61 Å². The average Bonchev–Trinajstić information content (AvgIpc) is 2.28. The molecule has 100 valence electrons. The van der Waals surface area contributed by atoms with E-state index in [1.807, 2.05) is 29.5 Å². The molecule has 0 bridgehead atoms.